The summed E-state index contributed by atoms with van der Waals surface area (Å²) in [5, 5.41) is 4.43. The zero-order valence-corrected chi connectivity index (χ0v) is 17.3. The second-order valence-electron chi connectivity index (χ2n) is 7.60. The van der Waals surface area contributed by atoms with Crippen molar-refractivity contribution in [2.24, 2.45) is 0 Å². The highest BCUT2D eigenvalue weighted by molar-refractivity contribution is 5.81. The van der Waals surface area contributed by atoms with Gasteiger partial charge >= 0.3 is 5.63 Å². The number of nitrogens with one attached hydrogen (secondary N) is 1. The summed E-state index contributed by atoms with van der Waals surface area (Å²) >= 11 is 0. The van der Waals surface area contributed by atoms with Crippen molar-refractivity contribution >= 4 is 22.3 Å². The average Bonchev–Trinajstić information content (AvgIpc) is 2.77. The lowest BCUT2D eigenvalue weighted by molar-refractivity contribution is 0.271. The van der Waals surface area contributed by atoms with Crippen LogP contribution in [0.4, 0.5) is 11.4 Å². The lowest BCUT2D eigenvalue weighted by atomic mass is 10.1. The first-order valence-electron chi connectivity index (χ1n) is 10.5. The molecule has 1 aliphatic rings. The molecule has 4 rings (SSSR count). The van der Waals surface area contributed by atoms with Crippen molar-refractivity contribution in [3.63, 3.8) is 0 Å². The summed E-state index contributed by atoms with van der Waals surface area (Å²) in [6.45, 7) is 10.4. The van der Waals surface area contributed by atoms with E-state index in [1.54, 1.807) is 6.07 Å². The van der Waals surface area contributed by atoms with Gasteiger partial charge in [0.1, 0.15) is 5.58 Å². The molecule has 0 amide bonds. The highest BCUT2D eigenvalue weighted by Gasteiger charge is 2.15. The summed E-state index contributed by atoms with van der Waals surface area (Å²) in [6, 6.07) is 16.3. The van der Waals surface area contributed by atoms with Crippen molar-refractivity contribution in [3.8, 4) is 0 Å². The summed E-state index contributed by atoms with van der Waals surface area (Å²) in [4.78, 5) is 16.9. The number of nitrogens with zero attached hydrogens (tertiary/aromatic N) is 2. The standard InChI is InChI=1S/C24H29N3O2/c1-3-18-5-10-22-19(16-24(28)29-23(22)15-18)17-25-20-6-8-21(9-7-20)27-13-11-26(4-2)12-14-27/h5-10,15-16,25H,3-4,11-14,17H2,1-2H3. The van der Waals surface area contributed by atoms with Crippen LogP contribution in [-0.2, 0) is 13.0 Å². The van der Waals surface area contributed by atoms with E-state index in [4.69, 9.17) is 4.42 Å². The van der Waals surface area contributed by atoms with Gasteiger partial charge in [-0.05, 0) is 54.4 Å². The van der Waals surface area contributed by atoms with E-state index >= 15 is 0 Å². The molecule has 2 aromatic carbocycles. The van der Waals surface area contributed by atoms with Gasteiger partial charge in [-0.1, -0.05) is 26.0 Å². The number of rotatable bonds is 6. The van der Waals surface area contributed by atoms with Crippen LogP contribution in [0.15, 0.2) is 57.7 Å². The van der Waals surface area contributed by atoms with Crippen molar-refractivity contribution in [3.05, 3.63) is 70.1 Å². The van der Waals surface area contributed by atoms with Gasteiger partial charge in [0.25, 0.3) is 0 Å². The number of likely N-dealkylation sites (N-methyl/N-ethyl adjacent to an activating group) is 1. The molecule has 1 saturated heterocycles. The van der Waals surface area contributed by atoms with Crippen LogP contribution < -0.4 is 15.8 Å². The Bertz CT molecular complexity index is 1020. The molecule has 0 radical (unpaired) electrons. The number of anilines is 2. The van der Waals surface area contributed by atoms with Gasteiger partial charge in [-0.15, -0.1) is 0 Å². The molecule has 0 spiro atoms. The Morgan fingerprint density at radius 3 is 2.41 bits per heavy atom. The Hall–Kier alpha value is -2.79. The Kier molecular flexibility index (Phi) is 5.86. The molecule has 1 aromatic heterocycles. The smallest absolute Gasteiger partial charge is 0.336 e. The van der Waals surface area contributed by atoms with Crippen molar-refractivity contribution < 1.29 is 4.42 Å². The molecule has 3 aromatic rings. The van der Waals surface area contributed by atoms with E-state index in [1.165, 1.54) is 11.3 Å². The maximum absolute atomic E-state index is 12.0. The van der Waals surface area contributed by atoms with Crippen LogP contribution in [0.25, 0.3) is 11.0 Å². The molecule has 5 heteroatoms. The minimum atomic E-state index is -0.302. The summed E-state index contributed by atoms with van der Waals surface area (Å²) < 4.78 is 5.40. The number of aryl methyl sites for hydroxylation is 1. The van der Waals surface area contributed by atoms with Gasteiger partial charge in [0.05, 0.1) is 0 Å². The normalized spacial score (nSPS) is 15.0. The molecule has 0 unspecified atom stereocenters. The van der Waals surface area contributed by atoms with E-state index in [2.05, 4.69) is 59.3 Å². The third-order valence-electron chi connectivity index (χ3n) is 5.84. The lowest BCUT2D eigenvalue weighted by Crippen LogP contribution is -2.46. The number of hydrogen-bond donors (Lipinski definition) is 1. The van der Waals surface area contributed by atoms with Crippen LogP contribution in [0.2, 0.25) is 0 Å². The fourth-order valence-electron chi connectivity index (χ4n) is 3.95. The molecule has 1 N–H and O–H groups in total. The fourth-order valence-corrected chi connectivity index (χ4v) is 3.95. The Morgan fingerprint density at radius 1 is 0.966 bits per heavy atom. The minimum absolute atomic E-state index is 0.302. The van der Waals surface area contributed by atoms with Crippen molar-refractivity contribution in [1.29, 1.82) is 0 Å². The molecule has 0 atom stereocenters. The van der Waals surface area contributed by atoms with Gasteiger partial charge in [-0.25, -0.2) is 4.79 Å². The first-order chi connectivity index (χ1) is 14.2. The van der Waals surface area contributed by atoms with Crippen LogP contribution >= 0.6 is 0 Å². The van der Waals surface area contributed by atoms with E-state index in [1.807, 2.05) is 12.1 Å². The third-order valence-corrected chi connectivity index (χ3v) is 5.84. The second-order valence-corrected chi connectivity index (χ2v) is 7.60. The van der Waals surface area contributed by atoms with E-state index in [9.17, 15) is 4.79 Å². The third kappa shape index (κ3) is 4.46. The predicted octanol–water partition coefficient (Wildman–Crippen LogP) is 4.11. The fraction of sp³-hybridized carbons (Fsp3) is 0.375. The molecule has 0 aliphatic carbocycles. The van der Waals surface area contributed by atoms with Gasteiger partial charge in [-0.2, -0.15) is 0 Å². The maximum atomic E-state index is 12.0. The van der Waals surface area contributed by atoms with Gasteiger partial charge in [-0.3, -0.25) is 0 Å². The Labute approximate surface area is 171 Å². The quantitative estimate of drug-likeness (QED) is 0.641. The number of fused-ring (bicyclic) bond motifs is 1. The molecule has 5 nitrogen and oxygen atoms in total. The first kappa shape index (κ1) is 19.5. The SMILES string of the molecule is CCc1ccc2c(CNc3ccc(N4CCN(CC)CC4)cc3)cc(=O)oc2c1. The van der Waals surface area contributed by atoms with Gasteiger partial charge in [0, 0.05) is 55.6 Å². The highest BCUT2D eigenvalue weighted by atomic mass is 16.4. The zero-order chi connectivity index (χ0) is 20.2. The molecule has 1 fully saturated rings. The van der Waals surface area contributed by atoms with Crippen LogP contribution in [-0.4, -0.2) is 37.6 Å². The predicted molar refractivity (Wildman–Crippen MR) is 120 cm³/mol. The highest BCUT2D eigenvalue weighted by Crippen LogP contribution is 2.22. The van der Waals surface area contributed by atoms with Crippen LogP contribution in [0.5, 0.6) is 0 Å². The Balaban J connectivity index is 1.45. The average molecular weight is 392 g/mol. The molecule has 1 aliphatic heterocycles. The van der Waals surface area contributed by atoms with Crippen molar-refractivity contribution in [2.75, 3.05) is 42.9 Å². The molecule has 2 heterocycles. The van der Waals surface area contributed by atoms with Crippen molar-refractivity contribution in [2.45, 2.75) is 26.8 Å². The number of hydrogen-bond acceptors (Lipinski definition) is 5. The molecule has 0 saturated carbocycles. The molecule has 0 bridgehead atoms. The summed E-state index contributed by atoms with van der Waals surface area (Å²) in [7, 11) is 0. The zero-order valence-electron chi connectivity index (χ0n) is 17.3. The first-order valence-corrected chi connectivity index (χ1v) is 10.5. The van der Waals surface area contributed by atoms with Gasteiger partial charge in [0.2, 0.25) is 0 Å². The van der Waals surface area contributed by atoms with E-state index in [0.29, 0.717) is 12.1 Å². The Morgan fingerprint density at radius 2 is 1.72 bits per heavy atom. The molecule has 152 valence electrons. The molecule has 29 heavy (non-hydrogen) atoms. The summed E-state index contributed by atoms with van der Waals surface area (Å²) in [5.74, 6) is 0. The maximum Gasteiger partial charge on any atom is 0.336 e. The van der Waals surface area contributed by atoms with Crippen LogP contribution in [0.3, 0.4) is 0 Å². The minimum Gasteiger partial charge on any atom is -0.423 e. The summed E-state index contributed by atoms with van der Waals surface area (Å²) in [6.07, 6.45) is 0.919. The van der Waals surface area contributed by atoms with E-state index in [-0.39, 0.29) is 5.63 Å². The lowest BCUT2D eigenvalue weighted by Gasteiger charge is -2.35. The second kappa shape index (κ2) is 8.70. The van der Waals surface area contributed by atoms with Crippen molar-refractivity contribution in [1.82, 2.24) is 4.90 Å². The monoisotopic (exact) mass is 391 g/mol. The number of benzene rings is 2. The van der Waals surface area contributed by atoms with Gasteiger partial charge in [0.15, 0.2) is 0 Å². The van der Waals surface area contributed by atoms with E-state index in [0.717, 1.165) is 55.8 Å². The topological polar surface area (TPSA) is 48.7 Å². The molecular weight excluding hydrogens is 362 g/mol. The van der Waals surface area contributed by atoms with Crippen LogP contribution in [0.1, 0.15) is 25.0 Å². The largest absolute Gasteiger partial charge is 0.423 e. The number of piperazine rings is 1. The van der Waals surface area contributed by atoms with Crippen LogP contribution in [0, 0.1) is 0 Å². The molecular formula is C24H29N3O2. The van der Waals surface area contributed by atoms with Gasteiger partial charge < -0.3 is 19.5 Å². The summed E-state index contributed by atoms with van der Waals surface area (Å²) in [5.41, 5.74) is 4.80. The van der Waals surface area contributed by atoms with E-state index < -0.39 is 0 Å².